The van der Waals surface area contributed by atoms with Crippen molar-refractivity contribution in [3.05, 3.63) is 65.0 Å². The maximum absolute atomic E-state index is 12.1. The van der Waals surface area contributed by atoms with Crippen LogP contribution in [0.5, 0.6) is 0 Å². The Labute approximate surface area is 108 Å². The highest BCUT2D eigenvalue weighted by molar-refractivity contribution is 5.97. The molecule has 19 heavy (non-hydrogen) atoms. The zero-order chi connectivity index (χ0) is 13.2. The highest BCUT2D eigenvalue weighted by Gasteiger charge is 2.13. The van der Waals surface area contributed by atoms with Gasteiger partial charge in [-0.05, 0) is 12.1 Å². The molecule has 0 aliphatic heterocycles. The standard InChI is InChI=1S/C14H10N2O3/c17-11(8-16-9-15-6-5-14(16)18)13-7-10-3-1-2-4-12(10)19-13/h1-7,9H,8H2. The van der Waals surface area contributed by atoms with Gasteiger partial charge in [0.2, 0.25) is 5.78 Å². The molecule has 0 bridgehead atoms. The van der Waals surface area contributed by atoms with Crippen molar-refractivity contribution in [1.29, 1.82) is 0 Å². The summed E-state index contributed by atoms with van der Waals surface area (Å²) in [4.78, 5) is 27.4. The summed E-state index contributed by atoms with van der Waals surface area (Å²) in [5.41, 5.74) is 0.392. The Morgan fingerprint density at radius 3 is 2.89 bits per heavy atom. The molecule has 5 nitrogen and oxygen atoms in total. The van der Waals surface area contributed by atoms with Crippen molar-refractivity contribution in [3.8, 4) is 0 Å². The van der Waals surface area contributed by atoms with E-state index >= 15 is 0 Å². The molecule has 0 aliphatic rings. The van der Waals surface area contributed by atoms with Gasteiger partial charge in [-0.2, -0.15) is 0 Å². The van der Waals surface area contributed by atoms with Crippen LogP contribution in [0.1, 0.15) is 10.6 Å². The molecule has 0 N–H and O–H groups in total. The highest BCUT2D eigenvalue weighted by atomic mass is 16.3. The molecule has 0 radical (unpaired) electrons. The zero-order valence-corrected chi connectivity index (χ0v) is 9.95. The summed E-state index contributed by atoms with van der Waals surface area (Å²) < 4.78 is 6.70. The van der Waals surface area contributed by atoms with Gasteiger partial charge < -0.3 is 4.42 Å². The monoisotopic (exact) mass is 254 g/mol. The molecule has 5 heteroatoms. The van der Waals surface area contributed by atoms with Gasteiger partial charge in [0.15, 0.2) is 5.76 Å². The van der Waals surface area contributed by atoms with Crippen molar-refractivity contribution in [1.82, 2.24) is 9.55 Å². The molecule has 0 saturated heterocycles. The van der Waals surface area contributed by atoms with Crippen molar-refractivity contribution in [2.24, 2.45) is 0 Å². The fourth-order valence-corrected chi connectivity index (χ4v) is 1.85. The average molecular weight is 254 g/mol. The molecule has 0 amide bonds. The van der Waals surface area contributed by atoms with Crippen molar-refractivity contribution >= 4 is 16.8 Å². The third kappa shape index (κ3) is 2.18. The van der Waals surface area contributed by atoms with Gasteiger partial charge in [0, 0.05) is 17.6 Å². The molecule has 0 aliphatic carbocycles. The first kappa shape index (κ1) is 11.4. The topological polar surface area (TPSA) is 65.1 Å². The minimum absolute atomic E-state index is 0.0769. The Bertz CT molecular complexity index is 768. The van der Waals surface area contributed by atoms with Gasteiger partial charge in [0.1, 0.15) is 5.58 Å². The van der Waals surface area contributed by atoms with E-state index in [1.54, 1.807) is 12.1 Å². The van der Waals surface area contributed by atoms with Crippen LogP contribution in [0.4, 0.5) is 0 Å². The molecule has 94 valence electrons. The van der Waals surface area contributed by atoms with Crippen molar-refractivity contribution in [2.75, 3.05) is 0 Å². The van der Waals surface area contributed by atoms with E-state index in [9.17, 15) is 9.59 Å². The Morgan fingerprint density at radius 2 is 2.11 bits per heavy atom. The quantitative estimate of drug-likeness (QED) is 0.669. The van der Waals surface area contributed by atoms with Gasteiger partial charge in [-0.15, -0.1) is 0 Å². The number of benzene rings is 1. The summed E-state index contributed by atoms with van der Waals surface area (Å²) >= 11 is 0. The van der Waals surface area contributed by atoms with Gasteiger partial charge in [-0.3, -0.25) is 14.2 Å². The number of ketones is 1. The SMILES string of the molecule is O=C(Cn1cnccc1=O)c1cc2ccccc2o1. The number of carbonyl (C=O) groups is 1. The number of Topliss-reactive ketones (excluding diaryl/α,β-unsaturated/α-hetero) is 1. The van der Waals surface area contributed by atoms with Gasteiger partial charge >= 0.3 is 0 Å². The van der Waals surface area contributed by atoms with Gasteiger partial charge in [-0.25, -0.2) is 4.98 Å². The lowest BCUT2D eigenvalue weighted by molar-refractivity contribution is 0.0945. The molecule has 1 aromatic carbocycles. The lowest BCUT2D eigenvalue weighted by Gasteiger charge is -2.00. The zero-order valence-electron chi connectivity index (χ0n) is 9.95. The number of para-hydroxylation sites is 1. The number of hydrogen-bond acceptors (Lipinski definition) is 4. The van der Waals surface area contributed by atoms with Crippen LogP contribution in [0.15, 0.2) is 58.1 Å². The van der Waals surface area contributed by atoms with E-state index < -0.39 is 0 Å². The predicted octanol–water partition coefficient (Wildman–Crippen LogP) is 1.87. The van der Waals surface area contributed by atoms with Gasteiger partial charge in [0.25, 0.3) is 5.56 Å². The van der Waals surface area contributed by atoms with E-state index in [1.807, 2.05) is 18.2 Å². The Kier molecular flexibility index (Phi) is 2.72. The lowest BCUT2D eigenvalue weighted by atomic mass is 10.2. The van der Waals surface area contributed by atoms with Crippen LogP contribution in [0.25, 0.3) is 11.0 Å². The first-order valence-corrected chi connectivity index (χ1v) is 5.76. The lowest BCUT2D eigenvalue weighted by Crippen LogP contribution is -2.23. The van der Waals surface area contributed by atoms with Gasteiger partial charge in [0.05, 0.1) is 12.9 Å². The molecular formula is C14H10N2O3. The molecular weight excluding hydrogens is 244 g/mol. The number of aromatic nitrogens is 2. The molecule has 0 saturated carbocycles. The van der Waals surface area contributed by atoms with Crippen LogP contribution >= 0.6 is 0 Å². The predicted molar refractivity (Wildman–Crippen MR) is 69.0 cm³/mol. The van der Waals surface area contributed by atoms with Crippen molar-refractivity contribution in [2.45, 2.75) is 6.54 Å². The number of rotatable bonds is 3. The normalized spacial score (nSPS) is 10.7. The summed E-state index contributed by atoms with van der Waals surface area (Å²) in [7, 11) is 0. The molecule has 3 rings (SSSR count). The average Bonchev–Trinajstić information content (AvgIpc) is 2.85. The second-order valence-electron chi connectivity index (χ2n) is 4.12. The first-order valence-electron chi connectivity index (χ1n) is 5.76. The van der Waals surface area contributed by atoms with Crippen LogP contribution in [0.2, 0.25) is 0 Å². The fourth-order valence-electron chi connectivity index (χ4n) is 1.85. The van der Waals surface area contributed by atoms with E-state index in [0.717, 1.165) is 5.39 Å². The minimum atomic E-state index is -0.264. The van der Waals surface area contributed by atoms with Crippen LogP contribution in [-0.4, -0.2) is 15.3 Å². The summed E-state index contributed by atoms with van der Waals surface area (Å²) in [6, 6.07) is 10.4. The smallest absolute Gasteiger partial charge is 0.253 e. The van der Waals surface area contributed by atoms with Crippen LogP contribution in [0.3, 0.4) is 0 Å². The van der Waals surface area contributed by atoms with E-state index in [1.165, 1.54) is 23.2 Å². The van der Waals surface area contributed by atoms with Crippen LogP contribution in [0, 0.1) is 0 Å². The van der Waals surface area contributed by atoms with Crippen molar-refractivity contribution in [3.63, 3.8) is 0 Å². The Hall–Kier alpha value is -2.69. The largest absolute Gasteiger partial charge is 0.453 e. The van der Waals surface area contributed by atoms with Crippen LogP contribution < -0.4 is 5.56 Å². The molecule has 0 fully saturated rings. The fraction of sp³-hybridized carbons (Fsp3) is 0.0714. The van der Waals surface area contributed by atoms with Crippen molar-refractivity contribution < 1.29 is 9.21 Å². The maximum Gasteiger partial charge on any atom is 0.253 e. The Morgan fingerprint density at radius 1 is 1.26 bits per heavy atom. The van der Waals surface area contributed by atoms with Gasteiger partial charge in [-0.1, -0.05) is 18.2 Å². The first-order chi connectivity index (χ1) is 9.24. The van der Waals surface area contributed by atoms with E-state index in [-0.39, 0.29) is 23.6 Å². The summed E-state index contributed by atoms with van der Waals surface area (Å²) in [5, 5.41) is 0.865. The third-order valence-corrected chi connectivity index (χ3v) is 2.81. The van der Waals surface area contributed by atoms with E-state index in [4.69, 9.17) is 4.42 Å². The number of furan rings is 1. The third-order valence-electron chi connectivity index (χ3n) is 2.81. The minimum Gasteiger partial charge on any atom is -0.453 e. The second-order valence-corrected chi connectivity index (χ2v) is 4.12. The Balaban J connectivity index is 1.92. The second kappa shape index (κ2) is 4.53. The maximum atomic E-state index is 12.1. The summed E-state index contributed by atoms with van der Waals surface area (Å²) in [6.07, 6.45) is 2.73. The summed E-state index contributed by atoms with van der Waals surface area (Å²) in [6.45, 7) is -0.0769. The van der Waals surface area contributed by atoms with Crippen LogP contribution in [-0.2, 0) is 6.54 Å². The highest BCUT2D eigenvalue weighted by Crippen LogP contribution is 2.19. The molecule has 2 aromatic heterocycles. The van der Waals surface area contributed by atoms with E-state index in [0.29, 0.717) is 5.58 Å². The number of nitrogens with zero attached hydrogens (tertiary/aromatic N) is 2. The number of hydrogen-bond donors (Lipinski definition) is 0. The number of fused-ring (bicyclic) bond motifs is 1. The molecule has 3 aromatic rings. The molecule has 0 atom stereocenters. The summed E-state index contributed by atoms with van der Waals surface area (Å²) in [5.74, 6) is -0.0109. The molecule has 2 heterocycles. The number of carbonyl (C=O) groups excluding carboxylic acids is 1. The molecule has 0 spiro atoms. The van der Waals surface area contributed by atoms with E-state index in [2.05, 4.69) is 4.98 Å². The molecule has 0 unspecified atom stereocenters.